The molecular formula is C15H10F6N4S. The Bertz CT molecular complexity index is 977. The van der Waals surface area contributed by atoms with Gasteiger partial charge in [0.15, 0.2) is 5.82 Å². The fourth-order valence-electron chi connectivity index (χ4n) is 2.42. The molecule has 0 saturated carbocycles. The molecule has 0 aromatic carbocycles. The summed E-state index contributed by atoms with van der Waals surface area (Å²) in [6, 6.07) is 2.13. The van der Waals surface area contributed by atoms with E-state index >= 15 is 0 Å². The van der Waals surface area contributed by atoms with Crippen LogP contribution in [0.4, 0.5) is 26.3 Å². The summed E-state index contributed by atoms with van der Waals surface area (Å²) in [5, 5.41) is -0.272. The third-order valence-electron chi connectivity index (χ3n) is 3.58. The van der Waals surface area contributed by atoms with E-state index in [1.807, 2.05) is 0 Å². The van der Waals surface area contributed by atoms with Crippen molar-refractivity contribution in [1.29, 1.82) is 0 Å². The van der Waals surface area contributed by atoms with Gasteiger partial charge in [-0.2, -0.15) is 26.3 Å². The standard InChI is InChI=1S/C15H10F6N4S/c1-7-3-8(14(16,17)18)5-23-12(7)13-24-9-4-11(26-15(19,20)21)22-6-10(9)25(13)2/h3-6H,1-2H3. The zero-order chi connectivity index (χ0) is 19.3. The molecule has 0 radical (unpaired) electrons. The predicted octanol–water partition coefficient (Wildman–Crippen LogP) is 4.97. The first-order chi connectivity index (χ1) is 12.0. The maximum absolute atomic E-state index is 12.8. The molecule has 3 aromatic rings. The number of pyridine rings is 2. The molecule has 0 spiro atoms. The Balaban J connectivity index is 2.07. The van der Waals surface area contributed by atoms with Crippen molar-refractivity contribution in [2.75, 3.05) is 0 Å². The normalized spacial score (nSPS) is 12.8. The average molecular weight is 392 g/mol. The van der Waals surface area contributed by atoms with E-state index in [2.05, 4.69) is 15.0 Å². The van der Waals surface area contributed by atoms with Crippen LogP contribution in [0.2, 0.25) is 0 Å². The van der Waals surface area contributed by atoms with Gasteiger partial charge < -0.3 is 4.57 Å². The molecule has 11 heteroatoms. The van der Waals surface area contributed by atoms with E-state index in [0.29, 0.717) is 11.7 Å². The number of hydrogen-bond acceptors (Lipinski definition) is 4. The Morgan fingerprint density at radius 3 is 2.27 bits per heavy atom. The first-order valence-corrected chi connectivity index (χ1v) is 7.90. The van der Waals surface area contributed by atoms with Crippen molar-refractivity contribution in [2.45, 2.75) is 23.6 Å². The van der Waals surface area contributed by atoms with Crippen molar-refractivity contribution in [3.05, 3.63) is 35.7 Å². The largest absolute Gasteiger partial charge is 0.447 e. The van der Waals surface area contributed by atoms with E-state index in [1.165, 1.54) is 23.8 Å². The Kier molecular flexibility index (Phi) is 4.37. The molecule has 3 rings (SSSR count). The van der Waals surface area contributed by atoms with Gasteiger partial charge in [-0.25, -0.2) is 9.97 Å². The van der Waals surface area contributed by atoms with Crippen molar-refractivity contribution in [3.63, 3.8) is 0 Å². The Hall–Kier alpha value is -2.30. The minimum absolute atomic E-state index is 0.210. The molecule has 0 bridgehead atoms. The summed E-state index contributed by atoms with van der Waals surface area (Å²) in [6.07, 6.45) is -2.58. The van der Waals surface area contributed by atoms with Gasteiger partial charge in [0.1, 0.15) is 10.7 Å². The quantitative estimate of drug-likeness (QED) is 0.456. The minimum Gasteiger partial charge on any atom is -0.325 e. The number of aromatic nitrogens is 4. The van der Waals surface area contributed by atoms with Gasteiger partial charge in [0.2, 0.25) is 0 Å². The molecule has 4 nitrogen and oxygen atoms in total. The number of imidazole rings is 1. The summed E-state index contributed by atoms with van der Waals surface area (Å²) in [4.78, 5) is 11.8. The van der Waals surface area contributed by atoms with E-state index in [0.717, 1.165) is 6.07 Å². The van der Waals surface area contributed by atoms with E-state index < -0.39 is 17.2 Å². The van der Waals surface area contributed by atoms with Gasteiger partial charge in [-0.3, -0.25) is 4.98 Å². The van der Waals surface area contributed by atoms with Gasteiger partial charge in [0.25, 0.3) is 0 Å². The smallest absolute Gasteiger partial charge is 0.325 e. The molecule has 0 saturated heterocycles. The molecule has 0 aliphatic heterocycles. The Morgan fingerprint density at radius 2 is 1.69 bits per heavy atom. The fraction of sp³-hybridized carbons (Fsp3) is 0.267. The fourth-order valence-corrected chi connectivity index (χ4v) is 2.93. The maximum Gasteiger partial charge on any atom is 0.447 e. The summed E-state index contributed by atoms with van der Waals surface area (Å²) in [6.45, 7) is 1.46. The lowest BCUT2D eigenvalue weighted by atomic mass is 10.1. The highest BCUT2D eigenvalue weighted by molar-refractivity contribution is 8.00. The molecule has 0 atom stereocenters. The second-order valence-electron chi connectivity index (χ2n) is 5.44. The highest BCUT2D eigenvalue weighted by Gasteiger charge is 2.32. The average Bonchev–Trinajstić information content (AvgIpc) is 2.81. The van der Waals surface area contributed by atoms with Crippen LogP contribution in [-0.2, 0) is 13.2 Å². The van der Waals surface area contributed by atoms with Crippen molar-refractivity contribution >= 4 is 22.8 Å². The number of alkyl halides is 6. The van der Waals surface area contributed by atoms with Crippen LogP contribution in [0.5, 0.6) is 0 Å². The predicted molar refractivity (Wildman–Crippen MR) is 83.4 cm³/mol. The highest BCUT2D eigenvalue weighted by Crippen LogP contribution is 2.37. The summed E-state index contributed by atoms with van der Waals surface area (Å²) in [5.74, 6) is 0.238. The topological polar surface area (TPSA) is 43.6 Å². The SMILES string of the molecule is Cc1cc(C(F)(F)F)cnc1-c1nc2cc(SC(F)(F)F)ncc2n1C. The number of rotatable bonds is 2. The molecule has 0 unspecified atom stereocenters. The van der Waals surface area contributed by atoms with Crippen LogP contribution in [0.15, 0.2) is 29.6 Å². The maximum atomic E-state index is 12.8. The minimum atomic E-state index is -4.52. The lowest BCUT2D eigenvalue weighted by molar-refractivity contribution is -0.137. The Morgan fingerprint density at radius 1 is 1.00 bits per heavy atom. The van der Waals surface area contributed by atoms with E-state index in [4.69, 9.17) is 0 Å². The molecule has 0 amide bonds. The molecule has 0 fully saturated rings. The van der Waals surface area contributed by atoms with Crippen LogP contribution >= 0.6 is 11.8 Å². The summed E-state index contributed by atoms with van der Waals surface area (Å²) in [7, 11) is 1.59. The van der Waals surface area contributed by atoms with E-state index in [1.54, 1.807) is 7.05 Å². The molecule has 0 aliphatic rings. The van der Waals surface area contributed by atoms with Crippen LogP contribution in [0, 0.1) is 6.92 Å². The molecule has 0 aliphatic carbocycles. The van der Waals surface area contributed by atoms with Gasteiger partial charge in [0.05, 0.1) is 22.8 Å². The van der Waals surface area contributed by atoms with Crippen molar-refractivity contribution in [3.8, 4) is 11.5 Å². The molecule has 26 heavy (non-hydrogen) atoms. The van der Waals surface area contributed by atoms with Crippen LogP contribution in [-0.4, -0.2) is 25.0 Å². The number of nitrogens with zero attached hydrogens (tertiary/aromatic N) is 4. The van der Waals surface area contributed by atoms with Gasteiger partial charge >= 0.3 is 11.7 Å². The number of halogens is 6. The van der Waals surface area contributed by atoms with Crippen LogP contribution < -0.4 is 0 Å². The highest BCUT2D eigenvalue weighted by atomic mass is 32.2. The third-order valence-corrected chi connectivity index (χ3v) is 4.24. The first kappa shape index (κ1) is 18.5. The number of hydrogen-bond donors (Lipinski definition) is 0. The monoisotopic (exact) mass is 392 g/mol. The summed E-state index contributed by atoms with van der Waals surface area (Å²) >= 11 is -0.367. The summed E-state index contributed by atoms with van der Waals surface area (Å²) < 4.78 is 77.2. The van der Waals surface area contributed by atoms with Crippen LogP contribution in [0.1, 0.15) is 11.1 Å². The zero-order valence-electron chi connectivity index (χ0n) is 13.3. The van der Waals surface area contributed by atoms with Crippen molar-refractivity contribution in [2.24, 2.45) is 7.05 Å². The number of fused-ring (bicyclic) bond motifs is 1. The summed E-state index contributed by atoms with van der Waals surface area (Å²) in [5.41, 5.74) is -4.23. The molecule has 138 valence electrons. The van der Waals surface area contributed by atoms with Gasteiger partial charge in [-0.1, -0.05) is 0 Å². The van der Waals surface area contributed by atoms with E-state index in [9.17, 15) is 26.3 Å². The van der Waals surface area contributed by atoms with Crippen LogP contribution in [0.3, 0.4) is 0 Å². The second-order valence-corrected chi connectivity index (χ2v) is 6.53. The number of aryl methyl sites for hydroxylation is 2. The van der Waals surface area contributed by atoms with Crippen molar-refractivity contribution in [1.82, 2.24) is 19.5 Å². The van der Waals surface area contributed by atoms with Gasteiger partial charge in [0, 0.05) is 25.0 Å². The molecular weight excluding hydrogens is 382 g/mol. The first-order valence-electron chi connectivity index (χ1n) is 7.08. The van der Waals surface area contributed by atoms with Gasteiger partial charge in [-0.15, -0.1) is 0 Å². The molecule has 3 heterocycles. The Labute approximate surface area is 147 Å². The zero-order valence-corrected chi connectivity index (χ0v) is 14.1. The van der Waals surface area contributed by atoms with Gasteiger partial charge in [-0.05, 0) is 24.6 Å². The molecule has 3 aromatic heterocycles. The van der Waals surface area contributed by atoms with E-state index in [-0.39, 0.29) is 39.4 Å². The van der Waals surface area contributed by atoms with Crippen molar-refractivity contribution < 1.29 is 26.3 Å². The second kappa shape index (κ2) is 6.15. The number of thioether (sulfide) groups is 1. The lowest BCUT2D eigenvalue weighted by Crippen LogP contribution is -2.07. The molecule has 0 N–H and O–H groups in total. The third kappa shape index (κ3) is 3.62. The lowest BCUT2D eigenvalue weighted by Gasteiger charge is -2.10. The van der Waals surface area contributed by atoms with Crippen LogP contribution in [0.25, 0.3) is 22.6 Å².